The van der Waals surface area contributed by atoms with Crippen molar-refractivity contribution >= 4 is 33.6 Å². The van der Waals surface area contributed by atoms with E-state index in [1.807, 2.05) is 18.3 Å². The van der Waals surface area contributed by atoms with Crippen LogP contribution in [0.5, 0.6) is 0 Å². The Morgan fingerprint density at radius 3 is 3.10 bits per heavy atom. The summed E-state index contributed by atoms with van der Waals surface area (Å²) in [6.07, 6.45) is 6.05. The molecule has 106 valence electrons. The van der Waals surface area contributed by atoms with Crippen LogP contribution in [0.2, 0.25) is 0 Å². The number of carbonyl (C=O) groups is 1. The summed E-state index contributed by atoms with van der Waals surface area (Å²) in [6, 6.07) is 3.94. The van der Waals surface area contributed by atoms with Gasteiger partial charge in [-0.05, 0) is 18.6 Å². The van der Waals surface area contributed by atoms with Crippen LogP contribution in [0.4, 0.5) is 5.69 Å². The van der Waals surface area contributed by atoms with Crippen molar-refractivity contribution in [2.45, 2.75) is 6.42 Å². The first kappa shape index (κ1) is 12.1. The first-order chi connectivity index (χ1) is 10.2. The van der Waals surface area contributed by atoms with Gasteiger partial charge in [-0.2, -0.15) is 0 Å². The maximum absolute atomic E-state index is 11.2. The molecule has 1 unspecified atom stereocenters. The summed E-state index contributed by atoms with van der Waals surface area (Å²) in [6.45, 7) is 1.30. The van der Waals surface area contributed by atoms with Crippen LogP contribution >= 0.6 is 0 Å². The quantitative estimate of drug-likeness (QED) is 0.751. The van der Waals surface area contributed by atoms with E-state index in [1.165, 1.54) is 0 Å². The van der Waals surface area contributed by atoms with Crippen molar-refractivity contribution in [3.63, 3.8) is 0 Å². The van der Waals surface area contributed by atoms with E-state index >= 15 is 0 Å². The molecule has 1 atom stereocenters. The summed E-state index contributed by atoms with van der Waals surface area (Å²) in [4.78, 5) is 25.1. The van der Waals surface area contributed by atoms with Gasteiger partial charge in [-0.3, -0.25) is 9.78 Å². The number of carboxylic acids is 1. The van der Waals surface area contributed by atoms with Gasteiger partial charge in [-0.1, -0.05) is 0 Å². The third-order valence-electron chi connectivity index (χ3n) is 4.15. The third-order valence-corrected chi connectivity index (χ3v) is 4.15. The normalized spacial score (nSPS) is 18.7. The molecule has 0 aromatic carbocycles. The molecule has 4 rings (SSSR count). The van der Waals surface area contributed by atoms with Gasteiger partial charge in [-0.15, -0.1) is 0 Å². The average Bonchev–Trinajstić information content (AvgIpc) is 3.15. The minimum absolute atomic E-state index is 0.295. The van der Waals surface area contributed by atoms with Crippen LogP contribution in [-0.4, -0.2) is 39.1 Å². The molecule has 0 spiro atoms. The molecule has 0 radical (unpaired) electrons. The molecule has 1 fully saturated rings. The number of rotatable bonds is 2. The molecule has 3 aromatic rings. The van der Waals surface area contributed by atoms with Gasteiger partial charge in [0.1, 0.15) is 5.65 Å². The molecule has 4 heterocycles. The third kappa shape index (κ3) is 1.83. The molecule has 1 saturated heterocycles. The number of aromatic amines is 1. The van der Waals surface area contributed by atoms with Gasteiger partial charge in [0.15, 0.2) is 0 Å². The van der Waals surface area contributed by atoms with Crippen LogP contribution in [-0.2, 0) is 4.79 Å². The van der Waals surface area contributed by atoms with Crippen molar-refractivity contribution in [1.82, 2.24) is 15.0 Å². The number of anilines is 1. The fraction of sp³-hybridized carbons (Fsp3) is 0.267. The molecule has 0 saturated carbocycles. The van der Waals surface area contributed by atoms with Gasteiger partial charge >= 0.3 is 5.97 Å². The van der Waals surface area contributed by atoms with E-state index in [4.69, 9.17) is 0 Å². The summed E-state index contributed by atoms with van der Waals surface area (Å²) in [5.74, 6) is -1.01. The van der Waals surface area contributed by atoms with E-state index in [2.05, 4.69) is 19.9 Å². The standard InChI is InChI=1S/C15H14N4O2/c20-15(21)9-3-6-19(8-9)12-2-5-16-11-7-18-14-10(13(11)12)1-4-17-14/h1-2,4-5,7,9H,3,6,8H2,(H,17,18)(H,20,21). The van der Waals surface area contributed by atoms with E-state index in [1.54, 1.807) is 12.4 Å². The second kappa shape index (κ2) is 4.44. The molecule has 1 aliphatic heterocycles. The molecular formula is C15H14N4O2. The van der Waals surface area contributed by atoms with E-state index in [0.29, 0.717) is 13.0 Å². The summed E-state index contributed by atoms with van der Waals surface area (Å²) in [7, 11) is 0. The van der Waals surface area contributed by atoms with E-state index < -0.39 is 5.97 Å². The molecule has 21 heavy (non-hydrogen) atoms. The SMILES string of the molecule is O=C(O)C1CCN(c2ccnc3cnc4[nH]ccc4c23)C1. The number of H-pyrrole nitrogens is 1. The predicted molar refractivity (Wildman–Crippen MR) is 79.4 cm³/mol. The van der Waals surface area contributed by atoms with Crippen LogP contribution in [0.3, 0.4) is 0 Å². The van der Waals surface area contributed by atoms with Crippen LogP contribution in [0.15, 0.2) is 30.7 Å². The van der Waals surface area contributed by atoms with Gasteiger partial charge in [0.05, 0.1) is 17.6 Å². The number of nitrogens with one attached hydrogen (secondary N) is 1. The lowest BCUT2D eigenvalue weighted by Gasteiger charge is -2.20. The molecule has 6 heteroatoms. The number of nitrogens with zero attached hydrogens (tertiary/aromatic N) is 3. The van der Waals surface area contributed by atoms with Crippen LogP contribution in [0.25, 0.3) is 21.9 Å². The van der Waals surface area contributed by atoms with Crippen LogP contribution in [0.1, 0.15) is 6.42 Å². The summed E-state index contributed by atoms with van der Waals surface area (Å²) in [5, 5.41) is 11.2. The monoisotopic (exact) mass is 282 g/mol. The highest BCUT2D eigenvalue weighted by Gasteiger charge is 2.29. The predicted octanol–water partition coefficient (Wildman–Crippen LogP) is 2.02. The molecule has 0 amide bonds. The van der Waals surface area contributed by atoms with Gasteiger partial charge in [0.2, 0.25) is 0 Å². The lowest BCUT2D eigenvalue weighted by molar-refractivity contribution is -0.140. The fourth-order valence-electron chi connectivity index (χ4n) is 3.08. The molecule has 3 aromatic heterocycles. The molecular weight excluding hydrogens is 268 g/mol. The van der Waals surface area contributed by atoms with Crippen molar-refractivity contribution < 1.29 is 9.90 Å². The van der Waals surface area contributed by atoms with Gasteiger partial charge in [0, 0.05) is 41.9 Å². The number of pyridine rings is 2. The first-order valence-electron chi connectivity index (χ1n) is 6.92. The minimum Gasteiger partial charge on any atom is -0.481 e. The lowest BCUT2D eigenvalue weighted by atomic mass is 10.1. The maximum Gasteiger partial charge on any atom is 0.308 e. The Morgan fingerprint density at radius 2 is 2.29 bits per heavy atom. The first-order valence-corrected chi connectivity index (χ1v) is 6.92. The van der Waals surface area contributed by atoms with E-state index in [0.717, 1.165) is 34.2 Å². The Labute approximate surface area is 120 Å². The zero-order valence-corrected chi connectivity index (χ0v) is 11.3. The highest BCUT2D eigenvalue weighted by atomic mass is 16.4. The molecule has 0 bridgehead atoms. The van der Waals surface area contributed by atoms with E-state index in [-0.39, 0.29) is 5.92 Å². The van der Waals surface area contributed by atoms with E-state index in [9.17, 15) is 9.90 Å². The van der Waals surface area contributed by atoms with Crippen LogP contribution in [0, 0.1) is 5.92 Å². The molecule has 0 aliphatic carbocycles. The van der Waals surface area contributed by atoms with Gasteiger partial charge < -0.3 is 15.0 Å². The van der Waals surface area contributed by atoms with Crippen molar-refractivity contribution in [3.8, 4) is 0 Å². The summed E-state index contributed by atoms with van der Waals surface area (Å²) >= 11 is 0. The fourth-order valence-corrected chi connectivity index (χ4v) is 3.08. The molecule has 2 N–H and O–H groups in total. The Morgan fingerprint density at radius 1 is 1.38 bits per heavy atom. The number of hydrogen-bond donors (Lipinski definition) is 2. The molecule has 1 aliphatic rings. The average molecular weight is 282 g/mol. The highest BCUT2D eigenvalue weighted by Crippen LogP contribution is 2.33. The Kier molecular flexibility index (Phi) is 2.57. The van der Waals surface area contributed by atoms with Crippen molar-refractivity contribution in [2.75, 3.05) is 18.0 Å². The summed E-state index contributed by atoms with van der Waals surface area (Å²) in [5.41, 5.74) is 2.69. The largest absolute Gasteiger partial charge is 0.481 e. The van der Waals surface area contributed by atoms with Crippen molar-refractivity contribution in [1.29, 1.82) is 0 Å². The molecule has 6 nitrogen and oxygen atoms in total. The minimum atomic E-state index is -0.718. The number of fused-ring (bicyclic) bond motifs is 3. The number of aliphatic carboxylic acids is 1. The van der Waals surface area contributed by atoms with Gasteiger partial charge in [-0.25, -0.2) is 4.98 Å². The summed E-state index contributed by atoms with van der Waals surface area (Å²) < 4.78 is 0. The highest BCUT2D eigenvalue weighted by molar-refractivity contribution is 6.10. The maximum atomic E-state index is 11.2. The Hall–Kier alpha value is -2.63. The number of carboxylic acid groups (broad SMARTS) is 1. The number of hydrogen-bond acceptors (Lipinski definition) is 4. The van der Waals surface area contributed by atoms with Gasteiger partial charge in [0.25, 0.3) is 0 Å². The van der Waals surface area contributed by atoms with Crippen molar-refractivity contribution in [3.05, 3.63) is 30.7 Å². The lowest BCUT2D eigenvalue weighted by Crippen LogP contribution is -2.22. The zero-order valence-electron chi connectivity index (χ0n) is 11.3. The van der Waals surface area contributed by atoms with Crippen molar-refractivity contribution in [2.24, 2.45) is 5.92 Å². The Bertz CT molecular complexity index is 842. The number of aromatic nitrogens is 3. The zero-order chi connectivity index (χ0) is 14.4. The Balaban J connectivity index is 1.89. The van der Waals surface area contributed by atoms with Crippen LogP contribution < -0.4 is 4.90 Å². The second-order valence-electron chi connectivity index (χ2n) is 5.36. The smallest absolute Gasteiger partial charge is 0.308 e. The topological polar surface area (TPSA) is 82.1 Å². The second-order valence-corrected chi connectivity index (χ2v) is 5.36.